The van der Waals surface area contributed by atoms with Crippen LogP contribution in [-0.4, -0.2) is 7.42 Å². The van der Waals surface area contributed by atoms with Crippen LogP contribution in [0.4, 0.5) is 0 Å². The molecule has 308 valence electrons. The van der Waals surface area contributed by atoms with E-state index in [9.17, 15) is 0 Å². The van der Waals surface area contributed by atoms with Crippen LogP contribution in [0, 0.1) is 35.2 Å². The van der Waals surface area contributed by atoms with Gasteiger partial charge in [-0.25, -0.2) is 5.57 Å². The molecule has 0 N–H and O–H groups in total. The van der Waals surface area contributed by atoms with Crippen molar-refractivity contribution < 1.29 is 47.1 Å². The smallest absolute Gasteiger partial charge is 1.00 e. The molecule has 1 atom stereocenters. The number of halogens is 4. The van der Waals surface area contributed by atoms with Gasteiger partial charge in [0.05, 0.1) is 0 Å². The fraction of sp³-hybridized carbons (Fsp3) is 0.415. The Morgan fingerprint density at radius 1 is 0.672 bits per heavy atom. The molecule has 5 heteroatoms. The van der Waals surface area contributed by atoms with Gasteiger partial charge in [-0.15, -0.1) is 39.7 Å². The van der Waals surface area contributed by atoms with Crippen LogP contribution in [0.2, 0.25) is 10.0 Å². The standard InChI is InChI=1S/C21H25.C18H25.2C7H5Cl.2ClH.Zr/c1-20(2,3)16-7-9-18-14(12-16)11-15-13-17(21(4,5)6)8-10-19(15)18;1-12-3-13(2)17(4-12)11-18-8-14-5-15(9-18)7-16(6-14)10-18;2*1-6-2-4-7(8)5-3-6;;;/h7-13H,1-6H3;4,12,14-16H,5-11H2,1-2H3;2*1-5H;2*1H;/q2*-1;;;;;/p-2. The monoisotopic (exact) mass is 926 g/mol. The van der Waals surface area contributed by atoms with Crippen LogP contribution in [0.5, 0.6) is 0 Å². The van der Waals surface area contributed by atoms with Crippen molar-refractivity contribution >= 4 is 52.2 Å². The summed E-state index contributed by atoms with van der Waals surface area (Å²) in [4.78, 5) is 0. The molecular formula is C53H60Cl4Zr-4. The van der Waals surface area contributed by atoms with Crippen molar-refractivity contribution in [2.24, 2.45) is 29.1 Å². The Balaban J connectivity index is 0.000000164. The van der Waals surface area contributed by atoms with Gasteiger partial charge in [-0.05, 0) is 72.5 Å². The summed E-state index contributed by atoms with van der Waals surface area (Å²) < 4.78 is 4.66. The summed E-state index contributed by atoms with van der Waals surface area (Å²) in [5.41, 5.74) is 9.53. The number of fused-ring (bicyclic) bond motifs is 3. The predicted octanol–water partition coefficient (Wildman–Crippen LogP) is 9.31. The average Bonchev–Trinajstić information content (AvgIpc) is 3.65. The molecule has 0 radical (unpaired) electrons. The maximum Gasteiger partial charge on any atom is -1.00 e. The molecule has 5 aromatic carbocycles. The maximum atomic E-state index is 5.84. The fourth-order valence-corrected chi connectivity index (χ4v) is 12.7. The van der Waals surface area contributed by atoms with Crippen LogP contribution in [0.3, 0.4) is 0 Å². The number of benzene rings is 4. The third kappa shape index (κ3) is 11.7. The molecule has 0 aromatic heterocycles. The molecule has 0 saturated heterocycles. The molecule has 4 saturated carbocycles. The average molecular weight is 930 g/mol. The van der Waals surface area contributed by atoms with Gasteiger partial charge in [0.15, 0.2) is 0 Å². The van der Waals surface area contributed by atoms with Gasteiger partial charge in [-0.2, -0.15) is 11.6 Å². The van der Waals surface area contributed by atoms with Crippen LogP contribution >= 0.6 is 23.2 Å². The molecule has 5 aliphatic carbocycles. The number of rotatable bonds is 4. The van der Waals surface area contributed by atoms with E-state index in [1.807, 2.05) is 24.3 Å². The van der Waals surface area contributed by atoms with Gasteiger partial charge in [0.2, 0.25) is 0 Å². The van der Waals surface area contributed by atoms with Gasteiger partial charge in [0.1, 0.15) is 0 Å². The molecule has 0 nitrogen and oxygen atoms in total. The van der Waals surface area contributed by atoms with E-state index < -0.39 is 22.3 Å². The molecule has 5 aliphatic rings. The van der Waals surface area contributed by atoms with Crippen molar-refractivity contribution in [3.63, 3.8) is 0 Å². The number of allylic oxidation sites excluding steroid dienone is 4. The van der Waals surface area contributed by atoms with E-state index in [2.05, 4.69) is 142 Å². The first-order valence-corrected chi connectivity index (χ1v) is 24.5. The van der Waals surface area contributed by atoms with Crippen LogP contribution < -0.4 is 24.8 Å². The van der Waals surface area contributed by atoms with Crippen molar-refractivity contribution in [1.29, 1.82) is 0 Å². The van der Waals surface area contributed by atoms with E-state index in [0.717, 1.165) is 27.8 Å². The van der Waals surface area contributed by atoms with Crippen LogP contribution in [0.1, 0.15) is 123 Å². The zero-order valence-corrected chi connectivity index (χ0v) is 41.1. The fourth-order valence-electron chi connectivity index (χ4n) is 10.3. The van der Waals surface area contributed by atoms with Gasteiger partial charge in [0, 0.05) is 0 Å². The Kier molecular flexibility index (Phi) is 15.7. The molecule has 5 aromatic rings. The molecule has 4 bridgehead atoms. The van der Waals surface area contributed by atoms with Crippen molar-refractivity contribution in [1.82, 2.24) is 0 Å². The SMILES string of the molecule is CC(C)(C)c1ccc2c(c1)[cH-]c1cc(C(C)(C)C)ccc12.CC1=[C-]C(C)C=C1CC12CC3CC(CC(C3)C1)C2.Clc1ccc([CH]=[Zr]=[CH]c2ccc(Cl)cc2)cc1.[Cl-].[Cl-]. The second-order valence-corrected chi connectivity index (χ2v) is 22.8. The molecule has 0 aliphatic heterocycles. The summed E-state index contributed by atoms with van der Waals surface area (Å²) in [6.45, 7) is 18.2. The van der Waals surface area contributed by atoms with Gasteiger partial charge < -0.3 is 24.8 Å². The van der Waals surface area contributed by atoms with E-state index in [1.165, 1.54) is 55.8 Å². The predicted molar refractivity (Wildman–Crippen MR) is 243 cm³/mol. The van der Waals surface area contributed by atoms with Crippen molar-refractivity contribution in [3.05, 3.63) is 147 Å². The first-order chi connectivity index (χ1) is 26.5. The summed E-state index contributed by atoms with van der Waals surface area (Å²) in [7, 11) is 0. The third-order valence-corrected chi connectivity index (χ3v) is 15.7. The van der Waals surface area contributed by atoms with Crippen molar-refractivity contribution in [2.75, 3.05) is 0 Å². The first kappa shape index (κ1) is 47.1. The molecule has 0 heterocycles. The Bertz CT molecular complexity index is 2150. The van der Waals surface area contributed by atoms with E-state index in [0.29, 0.717) is 11.3 Å². The molecule has 58 heavy (non-hydrogen) atoms. The van der Waals surface area contributed by atoms with Gasteiger partial charge in [0.25, 0.3) is 0 Å². The third-order valence-electron chi connectivity index (χ3n) is 12.8. The van der Waals surface area contributed by atoms with E-state index >= 15 is 0 Å². The van der Waals surface area contributed by atoms with Crippen molar-refractivity contribution in [3.8, 4) is 0 Å². The van der Waals surface area contributed by atoms with E-state index in [4.69, 9.17) is 23.2 Å². The zero-order valence-electron chi connectivity index (χ0n) is 35.7. The second-order valence-electron chi connectivity index (χ2n) is 19.7. The van der Waals surface area contributed by atoms with Gasteiger partial charge in [-0.3, -0.25) is 6.08 Å². The van der Waals surface area contributed by atoms with Crippen LogP contribution in [0.15, 0.2) is 108 Å². The minimum absolute atomic E-state index is 0. The number of hydrogen-bond donors (Lipinski definition) is 0. The topological polar surface area (TPSA) is 0 Å². The Morgan fingerprint density at radius 2 is 1.09 bits per heavy atom. The quantitative estimate of drug-likeness (QED) is 0.158. The summed E-state index contributed by atoms with van der Waals surface area (Å²) in [6, 6.07) is 32.1. The van der Waals surface area contributed by atoms with Crippen LogP contribution in [0.25, 0.3) is 21.5 Å². The maximum absolute atomic E-state index is 5.84. The zero-order chi connectivity index (χ0) is 39.8. The van der Waals surface area contributed by atoms with Gasteiger partial charge >= 0.3 is 123 Å². The number of hydrogen-bond acceptors (Lipinski definition) is 0. The summed E-state index contributed by atoms with van der Waals surface area (Å²) >= 11 is 11.0. The second kappa shape index (κ2) is 19.4. The molecule has 4 fully saturated rings. The Morgan fingerprint density at radius 3 is 1.45 bits per heavy atom. The van der Waals surface area contributed by atoms with Crippen molar-refractivity contribution in [2.45, 2.75) is 111 Å². The molecule has 10 rings (SSSR count). The van der Waals surface area contributed by atoms with E-state index in [1.54, 1.807) is 44.1 Å². The normalized spacial score (nSPS) is 22.9. The van der Waals surface area contributed by atoms with E-state index in [-0.39, 0.29) is 35.6 Å². The molecule has 1 unspecified atom stereocenters. The summed E-state index contributed by atoms with van der Waals surface area (Å²) in [5, 5.41) is 7.05. The Labute approximate surface area is 383 Å². The van der Waals surface area contributed by atoms with Crippen LogP contribution in [-0.2, 0) is 33.1 Å². The van der Waals surface area contributed by atoms with Gasteiger partial charge in [-0.1, -0.05) is 103 Å². The summed E-state index contributed by atoms with van der Waals surface area (Å²) in [5.74, 6) is 3.82. The first-order valence-electron chi connectivity index (χ1n) is 20.9. The minimum atomic E-state index is -0.623. The largest absolute Gasteiger partial charge is 1.00 e. The summed E-state index contributed by atoms with van der Waals surface area (Å²) in [6.07, 6.45) is 16.7. The Hall–Kier alpha value is -1.99. The molecule has 0 spiro atoms. The minimum Gasteiger partial charge on any atom is -1.00 e. The molecule has 0 amide bonds. The molecular weight excluding hydrogens is 870 g/mol.